The Kier molecular flexibility index (Phi) is 2.62. The summed E-state index contributed by atoms with van der Waals surface area (Å²) in [6, 6.07) is 5.12. The van der Waals surface area contributed by atoms with Crippen molar-refractivity contribution >= 4 is 28.6 Å². The predicted molar refractivity (Wildman–Crippen MR) is 59.8 cm³/mol. The van der Waals surface area contributed by atoms with Gasteiger partial charge in [0.1, 0.15) is 11.3 Å². The van der Waals surface area contributed by atoms with Crippen LogP contribution < -0.4 is 4.74 Å². The Morgan fingerprint density at radius 1 is 1.50 bits per heavy atom. The SMILES string of the molecule is O=C(O)c1ccc(I)cc1OC1CC1. The zero-order valence-corrected chi connectivity index (χ0v) is 9.52. The number of hydrogen-bond acceptors (Lipinski definition) is 2. The molecule has 1 N–H and O–H groups in total. The molecule has 2 rings (SSSR count). The van der Waals surface area contributed by atoms with Gasteiger partial charge in [0.05, 0.1) is 6.10 Å². The van der Waals surface area contributed by atoms with Crippen molar-refractivity contribution in [2.75, 3.05) is 0 Å². The van der Waals surface area contributed by atoms with Crippen LogP contribution in [0.15, 0.2) is 18.2 Å². The molecular formula is C10H9IO3. The maximum absolute atomic E-state index is 10.9. The molecule has 0 unspecified atom stereocenters. The van der Waals surface area contributed by atoms with Crippen LogP contribution in [0.25, 0.3) is 0 Å². The summed E-state index contributed by atoms with van der Waals surface area (Å²) in [6.45, 7) is 0. The topological polar surface area (TPSA) is 46.5 Å². The van der Waals surface area contributed by atoms with E-state index in [9.17, 15) is 4.79 Å². The van der Waals surface area contributed by atoms with Crippen molar-refractivity contribution in [2.24, 2.45) is 0 Å². The Morgan fingerprint density at radius 2 is 2.21 bits per heavy atom. The third-order valence-electron chi connectivity index (χ3n) is 1.99. The molecule has 0 radical (unpaired) electrons. The van der Waals surface area contributed by atoms with E-state index in [-0.39, 0.29) is 11.7 Å². The molecule has 0 atom stereocenters. The van der Waals surface area contributed by atoms with Crippen molar-refractivity contribution in [2.45, 2.75) is 18.9 Å². The van der Waals surface area contributed by atoms with Crippen LogP contribution >= 0.6 is 22.6 Å². The molecule has 0 heterocycles. The van der Waals surface area contributed by atoms with E-state index in [0.29, 0.717) is 5.75 Å². The number of halogens is 1. The van der Waals surface area contributed by atoms with E-state index in [1.54, 1.807) is 18.2 Å². The van der Waals surface area contributed by atoms with Gasteiger partial charge in [-0.05, 0) is 53.6 Å². The van der Waals surface area contributed by atoms with Gasteiger partial charge >= 0.3 is 5.97 Å². The molecule has 1 aliphatic rings. The summed E-state index contributed by atoms with van der Waals surface area (Å²) in [5.74, 6) is -0.441. The van der Waals surface area contributed by atoms with Crippen LogP contribution in [0.4, 0.5) is 0 Å². The van der Waals surface area contributed by atoms with E-state index in [0.717, 1.165) is 16.4 Å². The summed E-state index contributed by atoms with van der Waals surface area (Å²) in [5, 5.41) is 8.91. The quantitative estimate of drug-likeness (QED) is 0.873. The molecule has 1 aliphatic carbocycles. The summed E-state index contributed by atoms with van der Waals surface area (Å²) in [7, 11) is 0. The average molecular weight is 304 g/mol. The van der Waals surface area contributed by atoms with Gasteiger partial charge in [-0.15, -0.1) is 0 Å². The predicted octanol–water partition coefficient (Wildman–Crippen LogP) is 2.53. The lowest BCUT2D eigenvalue weighted by Gasteiger charge is -2.07. The minimum atomic E-state index is -0.933. The number of aromatic carboxylic acids is 1. The lowest BCUT2D eigenvalue weighted by Crippen LogP contribution is -2.04. The molecule has 3 nitrogen and oxygen atoms in total. The number of carbonyl (C=O) groups is 1. The van der Waals surface area contributed by atoms with E-state index < -0.39 is 5.97 Å². The highest BCUT2D eigenvalue weighted by atomic mass is 127. The van der Waals surface area contributed by atoms with Crippen LogP contribution in [0.2, 0.25) is 0 Å². The number of ether oxygens (including phenoxy) is 1. The summed E-state index contributed by atoms with van der Waals surface area (Å²) < 4.78 is 6.50. The summed E-state index contributed by atoms with van der Waals surface area (Å²) >= 11 is 2.14. The highest BCUT2D eigenvalue weighted by Gasteiger charge is 2.25. The minimum absolute atomic E-state index is 0.228. The highest BCUT2D eigenvalue weighted by molar-refractivity contribution is 14.1. The number of rotatable bonds is 3. The van der Waals surface area contributed by atoms with Gasteiger partial charge in [0.25, 0.3) is 0 Å². The molecule has 14 heavy (non-hydrogen) atoms. The molecular weight excluding hydrogens is 295 g/mol. The maximum Gasteiger partial charge on any atom is 0.339 e. The van der Waals surface area contributed by atoms with E-state index in [2.05, 4.69) is 22.6 Å². The zero-order chi connectivity index (χ0) is 10.1. The molecule has 0 amide bonds. The Labute approximate surface area is 95.2 Å². The number of hydrogen-bond donors (Lipinski definition) is 1. The second-order valence-corrected chi connectivity index (χ2v) is 4.51. The molecule has 1 fully saturated rings. The Hall–Kier alpha value is -0.780. The third kappa shape index (κ3) is 2.17. The Balaban J connectivity index is 2.31. The lowest BCUT2D eigenvalue weighted by molar-refractivity contribution is 0.0692. The van der Waals surface area contributed by atoms with Gasteiger partial charge in [-0.25, -0.2) is 4.79 Å². The third-order valence-corrected chi connectivity index (χ3v) is 2.66. The fourth-order valence-corrected chi connectivity index (χ4v) is 1.60. The van der Waals surface area contributed by atoms with Gasteiger partial charge in [-0.2, -0.15) is 0 Å². The minimum Gasteiger partial charge on any atom is -0.489 e. The first-order valence-electron chi connectivity index (χ1n) is 4.36. The summed E-state index contributed by atoms with van der Waals surface area (Å²) in [5.41, 5.74) is 0.248. The van der Waals surface area contributed by atoms with Crippen molar-refractivity contribution in [1.82, 2.24) is 0 Å². The molecule has 0 bridgehead atoms. The van der Waals surface area contributed by atoms with E-state index in [1.165, 1.54) is 0 Å². The van der Waals surface area contributed by atoms with Crippen molar-refractivity contribution in [3.05, 3.63) is 27.3 Å². The molecule has 1 aromatic rings. The molecule has 1 saturated carbocycles. The number of carboxylic acid groups (broad SMARTS) is 1. The van der Waals surface area contributed by atoms with Gasteiger partial charge in [0, 0.05) is 3.57 Å². The Bertz CT molecular complexity index is 372. The number of carboxylic acids is 1. The molecule has 4 heteroatoms. The first-order chi connectivity index (χ1) is 6.66. The molecule has 1 aromatic carbocycles. The Morgan fingerprint density at radius 3 is 2.79 bits per heavy atom. The lowest BCUT2D eigenvalue weighted by atomic mass is 10.2. The largest absolute Gasteiger partial charge is 0.489 e. The van der Waals surface area contributed by atoms with Gasteiger partial charge in [0.15, 0.2) is 0 Å². The molecule has 0 saturated heterocycles. The maximum atomic E-state index is 10.9. The highest BCUT2D eigenvalue weighted by Crippen LogP contribution is 2.30. The van der Waals surface area contributed by atoms with E-state index in [4.69, 9.17) is 9.84 Å². The van der Waals surface area contributed by atoms with Crippen LogP contribution in [0.1, 0.15) is 23.2 Å². The van der Waals surface area contributed by atoms with Crippen molar-refractivity contribution < 1.29 is 14.6 Å². The van der Waals surface area contributed by atoms with Gasteiger partial charge in [0.2, 0.25) is 0 Å². The summed E-state index contributed by atoms with van der Waals surface area (Å²) in [4.78, 5) is 10.9. The monoisotopic (exact) mass is 304 g/mol. The van der Waals surface area contributed by atoms with Crippen LogP contribution in [-0.4, -0.2) is 17.2 Å². The van der Waals surface area contributed by atoms with E-state index >= 15 is 0 Å². The van der Waals surface area contributed by atoms with Gasteiger partial charge in [-0.3, -0.25) is 0 Å². The van der Waals surface area contributed by atoms with Crippen LogP contribution in [0.5, 0.6) is 5.75 Å². The molecule has 0 spiro atoms. The second-order valence-electron chi connectivity index (χ2n) is 3.26. The van der Waals surface area contributed by atoms with Gasteiger partial charge < -0.3 is 9.84 Å². The van der Waals surface area contributed by atoms with Crippen molar-refractivity contribution in [3.63, 3.8) is 0 Å². The van der Waals surface area contributed by atoms with Crippen LogP contribution in [0, 0.1) is 3.57 Å². The van der Waals surface area contributed by atoms with Crippen molar-refractivity contribution in [1.29, 1.82) is 0 Å². The number of benzene rings is 1. The standard InChI is InChI=1S/C10H9IO3/c11-6-1-4-8(10(12)13)9(5-6)14-7-2-3-7/h1,4-5,7H,2-3H2,(H,12,13). The first-order valence-corrected chi connectivity index (χ1v) is 5.44. The fourth-order valence-electron chi connectivity index (χ4n) is 1.14. The molecule has 74 valence electrons. The van der Waals surface area contributed by atoms with Crippen molar-refractivity contribution in [3.8, 4) is 5.75 Å². The fraction of sp³-hybridized carbons (Fsp3) is 0.300. The smallest absolute Gasteiger partial charge is 0.339 e. The summed E-state index contributed by atoms with van der Waals surface area (Å²) in [6.07, 6.45) is 2.29. The van der Waals surface area contributed by atoms with Gasteiger partial charge in [-0.1, -0.05) is 0 Å². The molecule has 0 aromatic heterocycles. The first kappa shape index (κ1) is 9.76. The second kappa shape index (κ2) is 3.76. The van der Waals surface area contributed by atoms with Crippen LogP contribution in [0.3, 0.4) is 0 Å². The normalized spacial score (nSPS) is 15.2. The average Bonchev–Trinajstić information content (AvgIpc) is 2.87. The van der Waals surface area contributed by atoms with Crippen LogP contribution in [-0.2, 0) is 0 Å². The van der Waals surface area contributed by atoms with E-state index in [1.807, 2.05) is 0 Å². The molecule has 0 aliphatic heterocycles. The zero-order valence-electron chi connectivity index (χ0n) is 7.37.